The minimum absolute atomic E-state index is 0.0583. The summed E-state index contributed by atoms with van der Waals surface area (Å²) in [7, 11) is 0. The average Bonchev–Trinajstić information content (AvgIpc) is 3.18. The third kappa shape index (κ3) is 5.01. The molecule has 0 fully saturated rings. The molecule has 0 aliphatic heterocycles. The van der Waals surface area contributed by atoms with Crippen LogP contribution in [0.25, 0.3) is 5.69 Å². The van der Waals surface area contributed by atoms with Gasteiger partial charge in [-0.1, -0.05) is 23.4 Å². The van der Waals surface area contributed by atoms with Crippen LogP contribution in [0.2, 0.25) is 0 Å². The van der Waals surface area contributed by atoms with E-state index in [-0.39, 0.29) is 12.2 Å². The van der Waals surface area contributed by atoms with Crippen molar-refractivity contribution in [3.63, 3.8) is 0 Å². The summed E-state index contributed by atoms with van der Waals surface area (Å²) in [6.45, 7) is 5.09. The normalized spacial score (nSPS) is 11.4. The van der Waals surface area contributed by atoms with E-state index in [0.717, 1.165) is 35.5 Å². The Morgan fingerprint density at radius 1 is 1.13 bits per heavy atom. The smallest absolute Gasteiger partial charge is 0.370 e. The molecule has 3 rings (SSSR count). The fourth-order valence-electron chi connectivity index (χ4n) is 3.21. The molecule has 1 heterocycles. The Morgan fingerprint density at radius 2 is 1.81 bits per heavy atom. The van der Waals surface area contributed by atoms with Crippen molar-refractivity contribution < 1.29 is 22.4 Å². The van der Waals surface area contributed by atoms with Crippen molar-refractivity contribution in [3.8, 4) is 5.69 Å². The van der Waals surface area contributed by atoms with Crippen LogP contribution in [0.3, 0.4) is 0 Å². The number of hydrogen-bond acceptors (Lipinski definition) is 4. The first kappa shape index (κ1) is 22.3. The van der Waals surface area contributed by atoms with E-state index >= 15 is 0 Å². The zero-order valence-corrected chi connectivity index (χ0v) is 16.9. The first-order valence-corrected chi connectivity index (χ1v) is 9.60. The summed E-state index contributed by atoms with van der Waals surface area (Å²) in [4.78, 5) is 14.5. The average molecular weight is 435 g/mol. The van der Waals surface area contributed by atoms with E-state index in [4.69, 9.17) is 0 Å². The third-order valence-electron chi connectivity index (χ3n) is 4.73. The fraction of sp³-hybridized carbons (Fsp3) is 0.286. The van der Waals surface area contributed by atoms with Crippen molar-refractivity contribution in [1.29, 1.82) is 0 Å². The highest BCUT2D eigenvalue weighted by molar-refractivity contribution is 5.93. The minimum atomic E-state index is -4.89. The van der Waals surface area contributed by atoms with Gasteiger partial charge in [-0.05, 0) is 49.7 Å². The van der Waals surface area contributed by atoms with Crippen LogP contribution < -0.4 is 10.2 Å². The molecule has 31 heavy (non-hydrogen) atoms. The van der Waals surface area contributed by atoms with Crippen molar-refractivity contribution in [1.82, 2.24) is 20.3 Å². The van der Waals surface area contributed by atoms with Crippen LogP contribution >= 0.6 is 0 Å². The lowest BCUT2D eigenvalue weighted by Crippen LogP contribution is -2.36. The van der Waals surface area contributed by atoms with Gasteiger partial charge in [0.05, 0.1) is 5.69 Å². The number of aryl methyl sites for hydroxylation is 1. The Balaban J connectivity index is 1.77. The van der Waals surface area contributed by atoms with Crippen LogP contribution in [-0.2, 0) is 6.18 Å². The molecule has 0 atom stereocenters. The molecule has 2 aromatic carbocycles. The molecular formula is C21H21F4N5O. The van der Waals surface area contributed by atoms with Crippen LogP contribution in [0.15, 0.2) is 48.5 Å². The molecule has 0 radical (unpaired) electrons. The van der Waals surface area contributed by atoms with E-state index in [2.05, 4.69) is 15.6 Å². The van der Waals surface area contributed by atoms with Crippen molar-refractivity contribution in [2.45, 2.75) is 20.0 Å². The maximum Gasteiger partial charge on any atom is 0.435 e. The second-order valence-electron chi connectivity index (χ2n) is 6.79. The molecule has 1 aromatic heterocycles. The summed E-state index contributed by atoms with van der Waals surface area (Å²) in [5, 5.41) is 9.40. The van der Waals surface area contributed by atoms with Crippen molar-refractivity contribution >= 4 is 11.6 Å². The van der Waals surface area contributed by atoms with E-state index < -0.39 is 29.3 Å². The van der Waals surface area contributed by atoms with E-state index in [1.165, 1.54) is 0 Å². The summed E-state index contributed by atoms with van der Waals surface area (Å²) >= 11 is 0. The number of halogens is 4. The predicted molar refractivity (Wildman–Crippen MR) is 108 cm³/mol. The lowest BCUT2D eigenvalue weighted by atomic mass is 10.2. The van der Waals surface area contributed by atoms with Gasteiger partial charge in [0.15, 0.2) is 11.4 Å². The van der Waals surface area contributed by atoms with E-state index in [1.54, 1.807) is 0 Å². The van der Waals surface area contributed by atoms with Gasteiger partial charge in [0.25, 0.3) is 5.91 Å². The highest BCUT2D eigenvalue weighted by Gasteiger charge is 2.42. The van der Waals surface area contributed by atoms with Gasteiger partial charge < -0.3 is 10.2 Å². The minimum Gasteiger partial charge on any atom is -0.370 e. The third-order valence-corrected chi connectivity index (χ3v) is 4.73. The molecule has 0 unspecified atom stereocenters. The molecule has 3 aromatic rings. The van der Waals surface area contributed by atoms with Gasteiger partial charge in [-0.2, -0.15) is 13.2 Å². The number of alkyl halides is 3. The number of nitrogens with one attached hydrogen (secondary N) is 1. The van der Waals surface area contributed by atoms with Gasteiger partial charge in [0, 0.05) is 25.3 Å². The molecule has 10 heteroatoms. The number of carbonyl (C=O) groups is 1. The van der Waals surface area contributed by atoms with Crippen LogP contribution in [0.1, 0.15) is 28.7 Å². The summed E-state index contributed by atoms with van der Waals surface area (Å²) in [6, 6.07) is 12.0. The summed E-state index contributed by atoms with van der Waals surface area (Å²) in [6.07, 6.45) is -4.89. The maximum atomic E-state index is 13.7. The summed E-state index contributed by atoms with van der Waals surface area (Å²) in [5.41, 5.74) is -0.176. The summed E-state index contributed by atoms with van der Waals surface area (Å²) in [5.74, 6) is -1.59. The molecule has 164 valence electrons. The SMILES string of the molecule is CCN(CCNC(=O)c1nnn(-c2ccc(F)cc2)c1C(F)(F)F)c1ccccc1C. The highest BCUT2D eigenvalue weighted by atomic mass is 19.4. The van der Waals surface area contributed by atoms with Crippen molar-refractivity contribution in [2.24, 2.45) is 0 Å². The Labute approximate surface area is 176 Å². The molecule has 0 spiro atoms. The Morgan fingerprint density at radius 3 is 2.42 bits per heavy atom. The van der Waals surface area contributed by atoms with Gasteiger partial charge in [-0.3, -0.25) is 4.79 Å². The lowest BCUT2D eigenvalue weighted by Gasteiger charge is -2.25. The van der Waals surface area contributed by atoms with Crippen LogP contribution in [-0.4, -0.2) is 40.5 Å². The van der Waals surface area contributed by atoms with E-state index in [0.29, 0.717) is 17.8 Å². The molecule has 1 amide bonds. The van der Waals surface area contributed by atoms with Crippen molar-refractivity contribution in [3.05, 3.63) is 71.3 Å². The molecular weight excluding hydrogens is 414 g/mol. The molecule has 1 N–H and O–H groups in total. The number of amides is 1. The van der Waals surface area contributed by atoms with Gasteiger partial charge in [0.1, 0.15) is 5.82 Å². The van der Waals surface area contributed by atoms with E-state index in [9.17, 15) is 22.4 Å². The quantitative estimate of drug-likeness (QED) is 0.570. The van der Waals surface area contributed by atoms with Crippen LogP contribution in [0.4, 0.5) is 23.2 Å². The number of likely N-dealkylation sites (N-methyl/N-ethyl adjacent to an activating group) is 1. The van der Waals surface area contributed by atoms with E-state index in [1.807, 2.05) is 43.0 Å². The molecule has 0 saturated carbocycles. The highest BCUT2D eigenvalue weighted by Crippen LogP contribution is 2.32. The maximum absolute atomic E-state index is 13.7. The van der Waals surface area contributed by atoms with Gasteiger partial charge >= 0.3 is 6.18 Å². The van der Waals surface area contributed by atoms with Crippen LogP contribution in [0, 0.1) is 12.7 Å². The van der Waals surface area contributed by atoms with Gasteiger partial charge in [0.2, 0.25) is 0 Å². The molecule has 0 bridgehead atoms. The number of anilines is 1. The topological polar surface area (TPSA) is 63.1 Å². The van der Waals surface area contributed by atoms with Gasteiger partial charge in [-0.25, -0.2) is 9.07 Å². The zero-order valence-electron chi connectivity index (χ0n) is 16.9. The number of aromatic nitrogens is 3. The van der Waals surface area contributed by atoms with Gasteiger partial charge in [-0.15, -0.1) is 5.10 Å². The Kier molecular flexibility index (Phi) is 6.57. The first-order chi connectivity index (χ1) is 14.7. The zero-order chi connectivity index (χ0) is 22.6. The molecule has 6 nitrogen and oxygen atoms in total. The lowest BCUT2D eigenvalue weighted by molar-refractivity contribution is -0.143. The molecule has 0 aliphatic carbocycles. The Hall–Kier alpha value is -3.43. The summed E-state index contributed by atoms with van der Waals surface area (Å²) < 4.78 is 54.6. The largest absolute Gasteiger partial charge is 0.435 e. The monoisotopic (exact) mass is 435 g/mol. The van der Waals surface area contributed by atoms with Crippen LogP contribution in [0.5, 0.6) is 0 Å². The number of rotatable bonds is 7. The predicted octanol–water partition coefficient (Wildman–Crippen LogP) is 3.99. The number of hydrogen-bond donors (Lipinski definition) is 1. The number of nitrogens with zero attached hydrogens (tertiary/aromatic N) is 4. The Bertz CT molecular complexity index is 1050. The number of para-hydroxylation sites is 1. The molecule has 0 saturated heterocycles. The second-order valence-corrected chi connectivity index (χ2v) is 6.79. The molecule has 0 aliphatic rings. The standard InChI is InChI=1S/C21H21F4N5O/c1-3-29(17-7-5-4-6-14(17)2)13-12-26-20(31)18-19(21(23,24)25)30(28-27-18)16-10-8-15(22)9-11-16/h4-11H,3,12-13H2,1-2H3,(H,26,31). The second kappa shape index (κ2) is 9.15. The number of benzene rings is 2. The number of carbonyl (C=O) groups excluding carboxylic acids is 1. The van der Waals surface area contributed by atoms with Crippen molar-refractivity contribution in [2.75, 3.05) is 24.5 Å². The fourth-order valence-corrected chi connectivity index (χ4v) is 3.21. The first-order valence-electron chi connectivity index (χ1n) is 9.60.